The molecule has 0 bridgehead atoms. The average molecular weight is 273 g/mol. The summed E-state index contributed by atoms with van der Waals surface area (Å²) in [6.07, 6.45) is 1.06. The number of carbonyl (C=O) groups is 2. The first-order chi connectivity index (χ1) is 9.61. The van der Waals surface area contributed by atoms with E-state index in [-0.39, 0.29) is 17.5 Å². The van der Waals surface area contributed by atoms with Gasteiger partial charge in [-0.3, -0.25) is 4.79 Å². The minimum absolute atomic E-state index is 0.00768. The first-order valence-electron chi connectivity index (χ1n) is 6.61. The maximum absolute atomic E-state index is 11.4. The zero-order valence-electron chi connectivity index (χ0n) is 11.1. The van der Waals surface area contributed by atoms with Gasteiger partial charge in [0.05, 0.1) is 22.6 Å². The SMILES string of the molecule is CCc1nc2cccc(C(=O)O)c2n1C1CNC(=O)C1. The lowest BCUT2D eigenvalue weighted by molar-refractivity contribution is -0.119. The Bertz CT molecular complexity index is 705. The smallest absolute Gasteiger partial charge is 0.337 e. The molecule has 20 heavy (non-hydrogen) atoms. The highest BCUT2D eigenvalue weighted by atomic mass is 16.4. The molecular weight excluding hydrogens is 258 g/mol. The van der Waals surface area contributed by atoms with E-state index < -0.39 is 5.97 Å². The lowest BCUT2D eigenvalue weighted by Gasteiger charge is -2.15. The Balaban J connectivity index is 2.27. The summed E-state index contributed by atoms with van der Waals surface area (Å²) in [6.45, 7) is 2.49. The topological polar surface area (TPSA) is 84.2 Å². The molecule has 1 saturated heterocycles. The fraction of sp³-hybridized carbons (Fsp3) is 0.357. The van der Waals surface area contributed by atoms with Gasteiger partial charge in [-0.1, -0.05) is 13.0 Å². The van der Waals surface area contributed by atoms with Crippen LogP contribution in [0.15, 0.2) is 18.2 Å². The van der Waals surface area contributed by atoms with Crippen molar-refractivity contribution in [3.05, 3.63) is 29.6 Å². The van der Waals surface area contributed by atoms with Crippen molar-refractivity contribution in [2.24, 2.45) is 0 Å². The standard InChI is InChI=1S/C14H15N3O3/c1-2-11-16-10-5-3-4-9(14(19)20)13(10)17(11)8-6-12(18)15-7-8/h3-5,8H,2,6-7H2,1H3,(H,15,18)(H,19,20). The molecule has 0 aliphatic carbocycles. The largest absolute Gasteiger partial charge is 0.478 e. The van der Waals surface area contributed by atoms with E-state index in [9.17, 15) is 14.7 Å². The van der Waals surface area contributed by atoms with Gasteiger partial charge in [-0.15, -0.1) is 0 Å². The molecule has 1 fully saturated rings. The first-order valence-corrected chi connectivity index (χ1v) is 6.61. The number of hydrogen-bond acceptors (Lipinski definition) is 3. The number of carbonyl (C=O) groups excluding carboxylic acids is 1. The number of hydrogen-bond donors (Lipinski definition) is 2. The molecule has 2 N–H and O–H groups in total. The molecule has 0 spiro atoms. The van der Waals surface area contributed by atoms with Crippen molar-refractivity contribution >= 4 is 22.9 Å². The van der Waals surface area contributed by atoms with Crippen LogP contribution in [0.2, 0.25) is 0 Å². The maximum Gasteiger partial charge on any atom is 0.337 e. The van der Waals surface area contributed by atoms with E-state index in [2.05, 4.69) is 10.3 Å². The number of rotatable bonds is 3. The first kappa shape index (κ1) is 12.7. The normalized spacial score (nSPS) is 18.4. The quantitative estimate of drug-likeness (QED) is 0.884. The second-order valence-electron chi connectivity index (χ2n) is 4.89. The second-order valence-corrected chi connectivity index (χ2v) is 4.89. The van der Waals surface area contributed by atoms with Crippen LogP contribution >= 0.6 is 0 Å². The summed E-state index contributed by atoms with van der Waals surface area (Å²) < 4.78 is 1.91. The molecule has 1 aliphatic heterocycles. The number of nitrogens with zero attached hydrogens (tertiary/aromatic N) is 2. The highest BCUT2D eigenvalue weighted by molar-refractivity contribution is 6.01. The Labute approximate surface area is 115 Å². The number of nitrogens with one attached hydrogen (secondary N) is 1. The zero-order valence-corrected chi connectivity index (χ0v) is 11.1. The molecule has 6 nitrogen and oxygen atoms in total. The van der Waals surface area contributed by atoms with Gasteiger partial charge in [-0.25, -0.2) is 9.78 Å². The molecule has 1 unspecified atom stereocenters. The highest BCUT2D eigenvalue weighted by Crippen LogP contribution is 2.28. The van der Waals surface area contributed by atoms with E-state index in [1.807, 2.05) is 17.6 Å². The van der Waals surface area contributed by atoms with Crippen LogP contribution in [0.5, 0.6) is 0 Å². The summed E-state index contributed by atoms with van der Waals surface area (Å²) in [4.78, 5) is 27.4. The highest BCUT2D eigenvalue weighted by Gasteiger charge is 2.28. The predicted molar refractivity (Wildman–Crippen MR) is 72.7 cm³/mol. The van der Waals surface area contributed by atoms with E-state index in [0.29, 0.717) is 30.4 Å². The van der Waals surface area contributed by atoms with Gasteiger partial charge in [0.1, 0.15) is 5.82 Å². The minimum atomic E-state index is -0.975. The number of aromatic carboxylic acids is 1. The van der Waals surface area contributed by atoms with Crippen molar-refractivity contribution in [1.82, 2.24) is 14.9 Å². The minimum Gasteiger partial charge on any atom is -0.478 e. The number of amides is 1. The molecule has 1 aromatic heterocycles. The van der Waals surface area contributed by atoms with Gasteiger partial charge in [-0.05, 0) is 12.1 Å². The molecule has 1 amide bonds. The van der Waals surface area contributed by atoms with Crippen molar-refractivity contribution in [2.45, 2.75) is 25.8 Å². The van der Waals surface area contributed by atoms with Crippen molar-refractivity contribution in [1.29, 1.82) is 0 Å². The monoisotopic (exact) mass is 273 g/mol. The fourth-order valence-electron chi connectivity index (χ4n) is 2.78. The van der Waals surface area contributed by atoms with E-state index in [0.717, 1.165) is 5.82 Å². The van der Waals surface area contributed by atoms with E-state index in [4.69, 9.17) is 0 Å². The molecule has 6 heteroatoms. The van der Waals surface area contributed by atoms with Crippen LogP contribution in [0.4, 0.5) is 0 Å². The number of benzene rings is 1. The lowest BCUT2D eigenvalue weighted by atomic mass is 10.1. The van der Waals surface area contributed by atoms with Gasteiger partial charge in [0.2, 0.25) is 5.91 Å². The number of fused-ring (bicyclic) bond motifs is 1. The van der Waals surface area contributed by atoms with Gasteiger partial charge in [-0.2, -0.15) is 0 Å². The molecule has 0 saturated carbocycles. The van der Waals surface area contributed by atoms with Crippen molar-refractivity contribution < 1.29 is 14.7 Å². The van der Waals surface area contributed by atoms with Crippen LogP contribution in [0, 0.1) is 0 Å². The third kappa shape index (κ3) is 1.84. The molecule has 3 rings (SSSR count). The van der Waals surface area contributed by atoms with Crippen LogP contribution in [0.3, 0.4) is 0 Å². The third-order valence-corrected chi connectivity index (χ3v) is 3.65. The summed E-state index contributed by atoms with van der Waals surface area (Å²) in [5.41, 5.74) is 1.51. The van der Waals surface area contributed by atoms with Gasteiger partial charge in [0.25, 0.3) is 0 Å². The Morgan fingerprint density at radius 1 is 1.55 bits per heavy atom. The maximum atomic E-state index is 11.4. The average Bonchev–Trinajstić information content (AvgIpc) is 3.00. The van der Waals surface area contributed by atoms with E-state index >= 15 is 0 Å². The molecule has 0 radical (unpaired) electrons. The van der Waals surface area contributed by atoms with Crippen LogP contribution < -0.4 is 5.32 Å². The molecule has 1 aliphatic rings. The van der Waals surface area contributed by atoms with E-state index in [1.54, 1.807) is 12.1 Å². The number of carboxylic acid groups (broad SMARTS) is 1. The van der Waals surface area contributed by atoms with Crippen LogP contribution in [-0.4, -0.2) is 33.1 Å². The van der Waals surface area contributed by atoms with Crippen LogP contribution in [0.25, 0.3) is 11.0 Å². The van der Waals surface area contributed by atoms with Gasteiger partial charge >= 0.3 is 5.97 Å². The summed E-state index contributed by atoms with van der Waals surface area (Å²) >= 11 is 0. The van der Waals surface area contributed by atoms with Crippen molar-refractivity contribution in [3.63, 3.8) is 0 Å². The molecule has 2 heterocycles. The van der Waals surface area contributed by atoms with Gasteiger partial charge in [0.15, 0.2) is 0 Å². The number of aromatic nitrogens is 2. The Hall–Kier alpha value is -2.37. The molecule has 104 valence electrons. The molecule has 1 aromatic carbocycles. The van der Waals surface area contributed by atoms with Crippen LogP contribution in [-0.2, 0) is 11.2 Å². The van der Waals surface area contributed by atoms with Gasteiger partial charge in [0, 0.05) is 19.4 Å². The summed E-state index contributed by atoms with van der Waals surface area (Å²) in [5, 5.41) is 12.1. The number of imidazole rings is 1. The Morgan fingerprint density at radius 2 is 2.35 bits per heavy atom. The second kappa shape index (κ2) is 4.63. The predicted octanol–water partition coefficient (Wildman–Crippen LogP) is 1.36. The fourth-order valence-corrected chi connectivity index (χ4v) is 2.78. The van der Waals surface area contributed by atoms with Gasteiger partial charge < -0.3 is 15.0 Å². The van der Waals surface area contributed by atoms with E-state index in [1.165, 1.54) is 0 Å². The van der Waals surface area contributed by atoms with Crippen molar-refractivity contribution in [2.75, 3.05) is 6.54 Å². The Morgan fingerprint density at radius 3 is 2.95 bits per heavy atom. The zero-order chi connectivity index (χ0) is 14.3. The third-order valence-electron chi connectivity index (χ3n) is 3.65. The Kier molecular flexibility index (Phi) is 2.93. The number of para-hydroxylation sites is 1. The van der Waals surface area contributed by atoms with Crippen molar-refractivity contribution in [3.8, 4) is 0 Å². The summed E-state index contributed by atoms with van der Waals surface area (Å²) in [6, 6.07) is 5.01. The number of carboxylic acids is 1. The number of aryl methyl sites for hydroxylation is 1. The lowest BCUT2D eigenvalue weighted by Crippen LogP contribution is -2.17. The molecule has 2 aromatic rings. The van der Waals surface area contributed by atoms with Crippen LogP contribution in [0.1, 0.15) is 35.6 Å². The molecular formula is C14H15N3O3. The molecule has 1 atom stereocenters. The summed E-state index contributed by atoms with van der Waals surface area (Å²) in [5.74, 6) is -0.168. The summed E-state index contributed by atoms with van der Waals surface area (Å²) in [7, 11) is 0.